The predicted octanol–water partition coefficient (Wildman–Crippen LogP) is 2.56. The number of ether oxygens (including phenoxy) is 4. The first-order valence-electron chi connectivity index (χ1n) is 13.0. The van der Waals surface area contributed by atoms with Crippen molar-refractivity contribution in [1.29, 1.82) is 0 Å². The van der Waals surface area contributed by atoms with Crippen molar-refractivity contribution in [1.82, 2.24) is 5.32 Å². The van der Waals surface area contributed by atoms with Crippen LogP contribution in [0.3, 0.4) is 0 Å². The second-order valence-corrected chi connectivity index (χ2v) is 10.3. The predicted molar refractivity (Wildman–Crippen MR) is 140 cm³/mol. The van der Waals surface area contributed by atoms with Crippen LogP contribution in [0.1, 0.15) is 47.0 Å². The number of hydrogen-bond acceptors (Lipinski definition) is 9. The molecule has 1 fully saturated rings. The molecule has 0 aromatic heterocycles. The zero-order valence-electron chi connectivity index (χ0n) is 23.2. The maximum Gasteiger partial charge on any atom is 0.405 e. The lowest BCUT2D eigenvalue weighted by atomic mass is 9.80. The van der Waals surface area contributed by atoms with E-state index in [2.05, 4.69) is 5.32 Å². The van der Waals surface area contributed by atoms with Gasteiger partial charge in [-0.15, -0.1) is 0 Å². The summed E-state index contributed by atoms with van der Waals surface area (Å²) in [4.78, 5) is 50.3. The fraction of sp³-hybridized carbons (Fsp3) is 0.571. The summed E-state index contributed by atoms with van der Waals surface area (Å²) in [5.41, 5.74) is 6.00. The number of methoxy groups -OCH3 is 2. The molecule has 2 aliphatic heterocycles. The van der Waals surface area contributed by atoms with Gasteiger partial charge >= 0.3 is 6.09 Å². The van der Waals surface area contributed by atoms with Crippen molar-refractivity contribution in [2.75, 3.05) is 14.2 Å². The molecule has 1 saturated heterocycles. The highest BCUT2D eigenvalue weighted by molar-refractivity contribution is 6.48. The number of nitrogens with one attached hydrogen (secondary N) is 1. The molecule has 214 valence electrons. The summed E-state index contributed by atoms with van der Waals surface area (Å²) < 4.78 is 23.2. The molecule has 4 N–H and O–H groups in total. The van der Waals surface area contributed by atoms with Crippen molar-refractivity contribution in [3.63, 3.8) is 0 Å². The van der Waals surface area contributed by atoms with Crippen molar-refractivity contribution in [3.8, 4) is 0 Å². The van der Waals surface area contributed by atoms with E-state index in [9.17, 15) is 24.3 Å². The molecule has 0 spiro atoms. The van der Waals surface area contributed by atoms with E-state index in [4.69, 9.17) is 24.7 Å². The maximum atomic E-state index is 13.0. The number of fused-ring (bicyclic) bond motifs is 4. The summed E-state index contributed by atoms with van der Waals surface area (Å²) in [5, 5.41) is 13.6. The van der Waals surface area contributed by atoms with Crippen molar-refractivity contribution < 1.29 is 43.2 Å². The number of rotatable bonds is 3. The van der Waals surface area contributed by atoms with Crippen LogP contribution in [0.5, 0.6) is 0 Å². The summed E-state index contributed by atoms with van der Waals surface area (Å²) in [5.74, 6) is -3.43. The largest absolute Gasteiger partial charge is 0.505 e. The van der Waals surface area contributed by atoms with Crippen LogP contribution in [-0.2, 0) is 33.3 Å². The lowest BCUT2D eigenvalue weighted by molar-refractivity contribution is -0.156. The molecule has 11 heteroatoms. The molecule has 7 unspecified atom stereocenters. The third-order valence-electron chi connectivity index (χ3n) is 7.52. The Labute approximate surface area is 228 Å². The number of aliphatic hydroxyl groups excluding tert-OH is 1. The average Bonchev–Trinajstić information content (AvgIpc) is 2.88. The topological polar surface area (TPSA) is 163 Å². The minimum atomic E-state index is -0.955. The number of amides is 2. The van der Waals surface area contributed by atoms with Gasteiger partial charge in [0.2, 0.25) is 11.6 Å². The zero-order chi connectivity index (χ0) is 29.0. The van der Waals surface area contributed by atoms with Gasteiger partial charge in [-0.1, -0.05) is 26.0 Å². The van der Waals surface area contributed by atoms with Gasteiger partial charge < -0.3 is 35.1 Å². The molecule has 3 aliphatic rings. The van der Waals surface area contributed by atoms with Gasteiger partial charge in [-0.05, 0) is 44.6 Å². The molecule has 0 radical (unpaired) electrons. The van der Waals surface area contributed by atoms with Gasteiger partial charge in [-0.25, -0.2) is 4.79 Å². The first kappa shape index (κ1) is 30.3. The Bertz CT molecular complexity index is 1140. The molecule has 11 nitrogen and oxygen atoms in total. The Balaban J connectivity index is 2.15. The van der Waals surface area contributed by atoms with E-state index in [1.165, 1.54) is 7.11 Å². The molecule has 3 rings (SSSR count). The molecule has 0 aromatic carbocycles. The number of hydrogen-bond donors (Lipinski definition) is 3. The highest BCUT2D eigenvalue weighted by Gasteiger charge is 2.45. The number of nitrogens with two attached hydrogens (primary N) is 1. The van der Waals surface area contributed by atoms with Gasteiger partial charge in [0.25, 0.3) is 5.91 Å². The summed E-state index contributed by atoms with van der Waals surface area (Å²) in [6, 6.07) is 0. The lowest BCUT2D eigenvalue weighted by Crippen LogP contribution is -2.50. The number of aliphatic hydroxyl groups is 1. The zero-order valence-corrected chi connectivity index (χ0v) is 23.2. The van der Waals surface area contributed by atoms with Crippen molar-refractivity contribution in [3.05, 3.63) is 46.4 Å². The van der Waals surface area contributed by atoms with E-state index in [0.29, 0.717) is 30.4 Å². The Morgan fingerprint density at radius 1 is 1.13 bits per heavy atom. The highest BCUT2D eigenvalue weighted by atomic mass is 16.6. The van der Waals surface area contributed by atoms with Crippen LogP contribution >= 0.6 is 0 Å². The lowest BCUT2D eigenvalue weighted by Gasteiger charge is -2.43. The SMILES string of the molecule is COC1CCC=C(C)C(=O)NC2=CC(=O)C(=O)C(=C2O)C2OC(C(C)C=C(C)C1OC(N)=O)C(OC)CC2C. The standard InChI is InChI=1S/C28H38N2O9/c1-13-8-7-9-19(36-5)24(39-28(29)35)14(2)10-15(3)25-20(37-6)11-16(4)26(38-25)21-22(32)17(30-27(13)34)12-18(31)23(21)33/h8,10,12,15-16,19-20,24-26,32H,7,9,11H2,1-6H3,(H2,29,35)(H,30,34). The monoisotopic (exact) mass is 546 g/mol. The Morgan fingerprint density at radius 2 is 1.79 bits per heavy atom. The van der Waals surface area contributed by atoms with Gasteiger partial charge in [0.05, 0.1) is 35.7 Å². The highest BCUT2D eigenvalue weighted by Crippen LogP contribution is 2.38. The minimum Gasteiger partial charge on any atom is -0.505 e. The normalized spacial score (nSPS) is 32.9. The van der Waals surface area contributed by atoms with Crippen LogP contribution in [0.15, 0.2) is 46.4 Å². The van der Waals surface area contributed by atoms with Crippen molar-refractivity contribution in [2.24, 2.45) is 17.6 Å². The van der Waals surface area contributed by atoms with Crippen LogP contribution in [0.25, 0.3) is 0 Å². The summed E-state index contributed by atoms with van der Waals surface area (Å²) in [7, 11) is 3.06. The first-order valence-corrected chi connectivity index (χ1v) is 13.0. The fourth-order valence-corrected chi connectivity index (χ4v) is 5.43. The van der Waals surface area contributed by atoms with Crippen LogP contribution in [0.4, 0.5) is 4.79 Å². The molecule has 0 aromatic rings. The second-order valence-electron chi connectivity index (χ2n) is 10.3. The van der Waals surface area contributed by atoms with Gasteiger partial charge in [0.1, 0.15) is 5.76 Å². The smallest absolute Gasteiger partial charge is 0.405 e. The minimum absolute atomic E-state index is 0.161. The van der Waals surface area contributed by atoms with E-state index in [1.807, 2.05) is 19.9 Å². The maximum absolute atomic E-state index is 13.0. The second kappa shape index (κ2) is 12.7. The number of carbonyl (C=O) groups excluding carboxylic acids is 4. The number of ketones is 2. The first-order chi connectivity index (χ1) is 18.4. The van der Waals surface area contributed by atoms with Crippen LogP contribution in [0.2, 0.25) is 0 Å². The molecule has 7 atom stereocenters. The van der Waals surface area contributed by atoms with Gasteiger partial charge in [0.15, 0.2) is 6.10 Å². The number of Topliss-reactive ketones (excluding diaryl/α,β-unsaturated/α-hetero) is 1. The summed E-state index contributed by atoms with van der Waals surface area (Å²) in [6.07, 6.45) is 1.50. The van der Waals surface area contributed by atoms with Crippen LogP contribution < -0.4 is 11.1 Å². The number of primary amides is 1. The summed E-state index contributed by atoms with van der Waals surface area (Å²) >= 11 is 0. The molecule has 4 bridgehead atoms. The Morgan fingerprint density at radius 3 is 2.41 bits per heavy atom. The van der Waals surface area contributed by atoms with Crippen LogP contribution in [0, 0.1) is 11.8 Å². The van der Waals surface area contributed by atoms with E-state index in [0.717, 1.165) is 6.08 Å². The fourth-order valence-electron chi connectivity index (χ4n) is 5.43. The van der Waals surface area contributed by atoms with Gasteiger partial charge in [-0.3, -0.25) is 14.4 Å². The van der Waals surface area contributed by atoms with Crippen molar-refractivity contribution in [2.45, 2.75) is 77.5 Å². The van der Waals surface area contributed by atoms with E-state index in [-0.39, 0.29) is 29.2 Å². The third-order valence-corrected chi connectivity index (χ3v) is 7.52. The third kappa shape index (κ3) is 6.66. The Kier molecular flexibility index (Phi) is 9.87. The van der Waals surface area contributed by atoms with E-state index >= 15 is 0 Å². The van der Waals surface area contributed by atoms with Gasteiger partial charge in [0, 0.05) is 31.8 Å². The quantitative estimate of drug-likeness (QED) is 0.274. The molecule has 2 heterocycles. The number of allylic oxidation sites excluding steroid dienone is 2. The molecular weight excluding hydrogens is 508 g/mol. The van der Waals surface area contributed by atoms with E-state index in [1.54, 1.807) is 27.0 Å². The van der Waals surface area contributed by atoms with E-state index < -0.39 is 53.7 Å². The molecule has 39 heavy (non-hydrogen) atoms. The molecule has 0 saturated carbocycles. The number of carbonyl (C=O) groups is 4. The Hall–Kier alpha value is -3.28. The molecule has 1 aliphatic carbocycles. The molecule has 2 amide bonds. The van der Waals surface area contributed by atoms with Crippen LogP contribution in [-0.4, -0.2) is 73.4 Å². The molecular formula is C28H38N2O9. The average molecular weight is 547 g/mol. The van der Waals surface area contributed by atoms with Crippen molar-refractivity contribution >= 4 is 23.6 Å². The summed E-state index contributed by atoms with van der Waals surface area (Å²) in [6.45, 7) is 7.10. The van der Waals surface area contributed by atoms with Gasteiger partial charge in [-0.2, -0.15) is 0 Å².